The van der Waals surface area contributed by atoms with Crippen LogP contribution in [0.5, 0.6) is 0 Å². The van der Waals surface area contributed by atoms with Crippen LogP contribution in [0.3, 0.4) is 0 Å². The van der Waals surface area contributed by atoms with E-state index in [-0.39, 0.29) is 0 Å². The van der Waals surface area contributed by atoms with Crippen molar-refractivity contribution in [3.05, 3.63) is 129 Å². The summed E-state index contributed by atoms with van der Waals surface area (Å²) in [5.74, 6) is 1.12. The van der Waals surface area contributed by atoms with Crippen LogP contribution in [-0.4, -0.2) is 8.07 Å². The zero-order valence-corrected chi connectivity index (χ0v) is 34.3. The molecule has 4 aliphatic rings. The Labute approximate surface area is 289 Å². The van der Waals surface area contributed by atoms with E-state index in [0.29, 0.717) is 19.2 Å². The number of benzene rings is 4. The van der Waals surface area contributed by atoms with Crippen molar-refractivity contribution in [1.82, 2.24) is 0 Å². The number of fused-ring (bicyclic) bond motifs is 6. The fourth-order valence-electron chi connectivity index (χ4n) is 10.4. The zero-order valence-electron chi connectivity index (χ0n) is 29.7. The van der Waals surface area contributed by atoms with Crippen LogP contribution in [0.15, 0.2) is 95.3 Å². The van der Waals surface area contributed by atoms with Gasteiger partial charge in [-0.15, -0.1) is 0 Å². The molecule has 2 heteroatoms. The summed E-state index contributed by atoms with van der Waals surface area (Å²) in [5, 5.41) is 3.85. The molecule has 0 bridgehead atoms. The molecule has 2 atom stereocenters. The van der Waals surface area contributed by atoms with Gasteiger partial charge in [-0.05, 0) is 0 Å². The standard InChI is InChI=1S/C43H46Si.2CH3.Hf/c1-29(2)31-17-21-33(22-18-31)40-15-9-11-35-25-38(27-42(35)40)44(5,37-13-7-6-8-14-37)39-26-36-12-10-16-41(43(36)28-39)34-23-19-32(20-24-34)30(3)4;;;/h9-12,15-30,37H,6-8,13-14H2,1-5H3;2*1H3;. The van der Waals surface area contributed by atoms with Crippen LogP contribution in [0.2, 0.25) is 21.4 Å². The molecule has 3 aliphatic carbocycles. The molecule has 2 fully saturated rings. The maximum atomic E-state index is 2.84. The van der Waals surface area contributed by atoms with E-state index in [1.807, 2.05) is 10.4 Å². The molecule has 4 aromatic carbocycles. The van der Waals surface area contributed by atoms with Gasteiger partial charge < -0.3 is 0 Å². The molecule has 0 nitrogen and oxygen atoms in total. The molecule has 0 aromatic heterocycles. The first-order valence-corrected chi connectivity index (χ1v) is 32.4. The molecule has 8 rings (SSSR count). The summed E-state index contributed by atoms with van der Waals surface area (Å²) in [4.78, 5) is 0. The first kappa shape index (κ1) is 31.7. The Morgan fingerprint density at radius 3 is 1.40 bits per heavy atom. The second-order valence-electron chi connectivity index (χ2n) is 16.6. The van der Waals surface area contributed by atoms with E-state index >= 15 is 0 Å². The third-order valence-corrected chi connectivity index (χ3v) is 35.7. The maximum absolute atomic E-state index is 3.09. The van der Waals surface area contributed by atoms with Crippen molar-refractivity contribution in [2.75, 3.05) is 0 Å². The third kappa shape index (κ3) is 4.90. The van der Waals surface area contributed by atoms with Crippen molar-refractivity contribution in [3.63, 3.8) is 0 Å². The van der Waals surface area contributed by atoms with Gasteiger partial charge in [0, 0.05) is 0 Å². The average Bonchev–Trinajstić information content (AvgIpc) is 3.70. The molecule has 0 amide bonds. The first-order chi connectivity index (χ1) is 22.6. The van der Waals surface area contributed by atoms with Gasteiger partial charge in [0.2, 0.25) is 0 Å². The van der Waals surface area contributed by atoms with Gasteiger partial charge >= 0.3 is 292 Å². The molecular formula is C45H52HfSi. The van der Waals surface area contributed by atoms with Crippen LogP contribution in [0.25, 0.3) is 34.4 Å². The minimum absolute atomic E-state index is 0.559. The van der Waals surface area contributed by atoms with Gasteiger partial charge in [0.25, 0.3) is 0 Å². The van der Waals surface area contributed by atoms with E-state index in [1.165, 1.54) is 65.5 Å². The van der Waals surface area contributed by atoms with Gasteiger partial charge in [-0.3, -0.25) is 0 Å². The molecule has 1 aliphatic heterocycles. The second kappa shape index (κ2) is 11.8. The Bertz CT molecular complexity index is 1770. The van der Waals surface area contributed by atoms with Crippen molar-refractivity contribution >= 4 is 20.2 Å². The monoisotopic (exact) mass is 800 g/mol. The third-order valence-electron chi connectivity index (χ3n) is 13.0. The Balaban J connectivity index is 1.32. The Morgan fingerprint density at radius 2 is 1.00 bits per heavy atom. The summed E-state index contributed by atoms with van der Waals surface area (Å²) in [6, 6.07) is 33.7. The van der Waals surface area contributed by atoms with Gasteiger partial charge in [0.05, 0.1) is 0 Å². The van der Waals surface area contributed by atoms with E-state index in [9.17, 15) is 0 Å². The van der Waals surface area contributed by atoms with Gasteiger partial charge in [-0.2, -0.15) is 0 Å². The molecule has 240 valence electrons. The van der Waals surface area contributed by atoms with Gasteiger partial charge in [0.15, 0.2) is 0 Å². The molecular weight excluding hydrogens is 747 g/mol. The first-order valence-electron chi connectivity index (χ1n) is 18.5. The molecule has 0 spiro atoms. The van der Waals surface area contributed by atoms with Crippen molar-refractivity contribution < 1.29 is 20.0 Å². The number of allylic oxidation sites excluding steroid dienone is 2. The van der Waals surface area contributed by atoms with Crippen molar-refractivity contribution in [2.45, 2.75) is 100 Å². The molecule has 1 saturated heterocycles. The summed E-state index contributed by atoms with van der Waals surface area (Å²) < 4.78 is 7.04. The van der Waals surface area contributed by atoms with Gasteiger partial charge in [-0.1, -0.05) is 0 Å². The molecule has 1 heterocycles. The molecule has 1 saturated carbocycles. The summed E-state index contributed by atoms with van der Waals surface area (Å²) in [6.07, 6.45) is 12.7. The van der Waals surface area contributed by atoms with Crippen LogP contribution < -0.4 is 0 Å². The van der Waals surface area contributed by atoms with E-state index in [1.54, 1.807) is 22.3 Å². The number of hydrogen-bond donors (Lipinski definition) is 0. The van der Waals surface area contributed by atoms with E-state index in [2.05, 4.69) is 141 Å². The van der Waals surface area contributed by atoms with E-state index in [4.69, 9.17) is 0 Å². The fraction of sp³-hybridized carbons (Fsp3) is 0.378. The van der Waals surface area contributed by atoms with Crippen LogP contribution in [0.1, 0.15) is 112 Å². The fourth-order valence-corrected chi connectivity index (χ4v) is 43.3. The van der Waals surface area contributed by atoms with Gasteiger partial charge in [0.1, 0.15) is 0 Å². The Kier molecular flexibility index (Phi) is 7.96. The molecule has 0 N–H and O–H groups in total. The summed E-state index contributed by atoms with van der Waals surface area (Å²) in [5.41, 5.74) is 15.9. The number of rotatable bonds is 5. The van der Waals surface area contributed by atoms with Gasteiger partial charge in [-0.25, -0.2) is 0 Å². The van der Waals surface area contributed by atoms with Crippen LogP contribution in [0, 0.1) is 0 Å². The predicted octanol–water partition coefficient (Wildman–Crippen LogP) is 13.6. The Hall–Kier alpha value is -2.55. The molecule has 47 heavy (non-hydrogen) atoms. The summed E-state index contributed by atoms with van der Waals surface area (Å²) in [7, 11) is -2.00. The molecule has 4 aromatic rings. The summed E-state index contributed by atoms with van der Waals surface area (Å²) >= 11 is -3.09. The number of hydrogen-bond acceptors (Lipinski definition) is 0. The predicted molar refractivity (Wildman–Crippen MR) is 204 cm³/mol. The van der Waals surface area contributed by atoms with Crippen molar-refractivity contribution in [1.29, 1.82) is 0 Å². The van der Waals surface area contributed by atoms with Crippen molar-refractivity contribution in [2.24, 2.45) is 0 Å². The van der Waals surface area contributed by atoms with Crippen LogP contribution >= 0.6 is 0 Å². The quantitative estimate of drug-likeness (QED) is 0.176. The summed E-state index contributed by atoms with van der Waals surface area (Å²) in [6.45, 7) is 12.0. The second-order valence-corrected chi connectivity index (χ2v) is 38.2. The molecule has 0 radical (unpaired) electrons. The Morgan fingerprint density at radius 1 is 0.574 bits per heavy atom. The SMILES string of the molecule is CC(C)c1ccc(-c2cccc3c2C=C2[CH]3[Hf]([CH3])([CH3])[CH]3C(=Cc4c(-c5ccc(C(C)C)cc5)cccc43)[Si]2(C)C2CCCCC2)cc1. The van der Waals surface area contributed by atoms with Crippen molar-refractivity contribution in [3.8, 4) is 22.3 Å². The van der Waals surface area contributed by atoms with Crippen LogP contribution in [-0.2, 0) is 20.0 Å². The van der Waals surface area contributed by atoms with E-state index in [0.717, 1.165) is 5.54 Å². The topological polar surface area (TPSA) is 0 Å². The van der Waals surface area contributed by atoms with E-state index < -0.39 is 28.0 Å². The zero-order chi connectivity index (χ0) is 32.7. The normalized spacial score (nSPS) is 24.4. The van der Waals surface area contributed by atoms with Crippen LogP contribution in [0.4, 0.5) is 0 Å². The minimum atomic E-state index is -3.09. The average molecular weight is 799 g/mol. The molecule has 2 unspecified atom stereocenters.